The van der Waals surface area contributed by atoms with Crippen LogP contribution in [0.2, 0.25) is 9.36 Å². The average Bonchev–Trinajstić information content (AvgIpc) is 2.84. The number of nitrogens with one attached hydrogen (secondary N) is 1. The number of thiazole rings is 1. The molecular weight excluding hydrogens is 319 g/mol. The second kappa shape index (κ2) is 6.92. The number of nitrogens with zero attached hydrogens (tertiary/aromatic N) is 1. The van der Waals surface area contributed by atoms with E-state index in [1.54, 1.807) is 19.1 Å². The molecule has 1 unspecified atom stereocenters. The maximum atomic E-state index is 12.1. The highest BCUT2D eigenvalue weighted by atomic mass is 35.5. The van der Waals surface area contributed by atoms with Crippen molar-refractivity contribution >= 4 is 46.2 Å². The van der Waals surface area contributed by atoms with Gasteiger partial charge in [0.15, 0.2) is 6.04 Å². The maximum Gasteiger partial charge on any atom is 0.335 e. The number of hydrogen-bond donors (Lipinski definition) is 1. The van der Waals surface area contributed by atoms with Crippen LogP contribution in [0, 0.1) is 0 Å². The first-order valence-corrected chi connectivity index (χ1v) is 7.48. The summed E-state index contributed by atoms with van der Waals surface area (Å²) < 4.78 is 5.57. The lowest BCUT2D eigenvalue weighted by Gasteiger charge is -2.17. The lowest BCUT2D eigenvalue weighted by molar-refractivity contribution is -0.144. The van der Waals surface area contributed by atoms with Gasteiger partial charge in [-0.25, -0.2) is 9.78 Å². The Balaban J connectivity index is 2.27. The van der Waals surface area contributed by atoms with E-state index in [4.69, 9.17) is 27.9 Å². The summed E-state index contributed by atoms with van der Waals surface area (Å²) in [4.78, 5) is 16.2. The number of carbonyl (C=O) groups is 1. The van der Waals surface area contributed by atoms with Crippen molar-refractivity contribution < 1.29 is 9.53 Å². The lowest BCUT2D eigenvalue weighted by atomic mass is 10.2. The van der Waals surface area contributed by atoms with Crippen LogP contribution in [-0.2, 0) is 9.53 Å². The summed E-state index contributed by atoms with van der Waals surface area (Å²) in [6.45, 7) is 2.04. The van der Waals surface area contributed by atoms with E-state index >= 15 is 0 Å². The first kappa shape index (κ1) is 15.1. The molecule has 0 fully saturated rings. The van der Waals surface area contributed by atoms with Gasteiger partial charge in [0.2, 0.25) is 0 Å². The van der Waals surface area contributed by atoms with E-state index in [9.17, 15) is 4.79 Å². The van der Waals surface area contributed by atoms with Gasteiger partial charge in [0.25, 0.3) is 0 Å². The molecule has 0 bridgehead atoms. The number of hydrogen-bond acceptors (Lipinski definition) is 5. The van der Waals surface area contributed by atoms with Gasteiger partial charge in [-0.2, -0.15) is 0 Å². The molecule has 2 rings (SSSR count). The van der Waals surface area contributed by atoms with E-state index in [2.05, 4.69) is 10.3 Å². The van der Waals surface area contributed by atoms with Gasteiger partial charge >= 0.3 is 5.97 Å². The summed E-state index contributed by atoms with van der Waals surface area (Å²) >= 11 is 13.2. The molecule has 0 radical (unpaired) electrons. The molecule has 1 aromatic heterocycles. The summed E-state index contributed by atoms with van der Waals surface area (Å²) in [5.41, 5.74) is 0.638. The molecule has 0 aliphatic carbocycles. The fourth-order valence-electron chi connectivity index (χ4n) is 1.58. The average molecular weight is 331 g/mol. The quantitative estimate of drug-likeness (QED) is 0.836. The molecule has 2 aromatic rings. The van der Waals surface area contributed by atoms with Crippen molar-refractivity contribution in [3.8, 4) is 0 Å². The number of halogens is 2. The largest absolute Gasteiger partial charge is 0.464 e. The van der Waals surface area contributed by atoms with Crippen molar-refractivity contribution in [1.82, 2.24) is 4.98 Å². The van der Waals surface area contributed by atoms with Crippen LogP contribution in [0.25, 0.3) is 0 Å². The van der Waals surface area contributed by atoms with Crippen molar-refractivity contribution in [3.05, 3.63) is 44.8 Å². The highest BCUT2D eigenvalue weighted by Crippen LogP contribution is 2.30. The van der Waals surface area contributed by atoms with Crippen LogP contribution in [0.1, 0.15) is 18.0 Å². The van der Waals surface area contributed by atoms with Gasteiger partial charge in [0.05, 0.1) is 23.5 Å². The summed E-state index contributed by atoms with van der Waals surface area (Å²) in [5.74, 6) is -0.418. The minimum absolute atomic E-state index is 0.290. The van der Waals surface area contributed by atoms with E-state index in [1.165, 1.54) is 17.5 Å². The Morgan fingerprint density at radius 2 is 2.20 bits per heavy atom. The summed E-state index contributed by atoms with van der Waals surface area (Å²) in [5, 5.41) is 4.10. The molecule has 1 N–H and O–H groups in total. The molecule has 4 nitrogen and oxygen atoms in total. The van der Waals surface area contributed by atoms with Crippen molar-refractivity contribution in [1.29, 1.82) is 0 Å². The zero-order valence-electron chi connectivity index (χ0n) is 10.6. The van der Waals surface area contributed by atoms with E-state index in [1.807, 2.05) is 12.1 Å². The van der Waals surface area contributed by atoms with Crippen LogP contribution in [0.3, 0.4) is 0 Å². The van der Waals surface area contributed by atoms with Gasteiger partial charge in [-0.15, -0.1) is 11.3 Å². The van der Waals surface area contributed by atoms with E-state index < -0.39 is 12.0 Å². The number of esters is 1. The Labute approximate surface area is 130 Å². The fourth-order valence-corrected chi connectivity index (χ4v) is 2.74. The highest BCUT2D eigenvalue weighted by Gasteiger charge is 2.25. The van der Waals surface area contributed by atoms with Gasteiger partial charge in [0, 0.05) is 0 Å². The van der Waals surface area contributed by atoms with Gasteiger partial charge in [-0.1, -0.05) is 35.3 Å². The standard InChI is InChI=1S/C13H12Cl2N2O2S/c1-2-19-13(18)11(12-16-7-10(15)20-12)17-9-6-4-3-5-8(9)14/h3-7,11,17H,2H2,1H3. The molecule has 1 atom stereocenters. The number of ether oxygens (including phenoxy) is 1. The third-order valence-electron chi connectivity index (χ3n) is 2.44. The Kier molecular flexibility index (Phi) is 5.23. The first-order valence-electron chi connectivity index (χ1n) is 5.90. The van der Waals surface area contributed by atoms with Crippen LogP contribution in [0.15, 0.2) is 30.5 Å². The van der Waals surface area contributed by atoms with E-state index in [0.29, 0.717) is 26.7 Å². The monoisotopic (exact) mass is 330 g/mol. The summed E-state index contributed by atoms with van der Waals surface area (Å²) in [6.07, 6.45) is 1.50. The number of benzene rings is 1. The number of aromatic nitrogens is 1. The molecule has 1 heterocycles. The minimum atomic E-state index is -0.729. The van der Waals surface area contributed by atoms with Crippen molar-refractivity contribution in [2.45, 2.75) is 13.0 Å². The molecule has 0 saturated heterocycles. The normalized spacial score (nSPS) is 11.9. The predicted octanol–water partition coefficient (Wildman–Crippen LogP) is 4.17. The van der Waals surface area contributed by atoms with Crippen LogP contribution in [0.5, 0.6) is 0 Å². The molecule has 0 saturated carbocycles. The summed E-state index contributed by atoms with van der Waals surface area (Å²) in [7, 11) is 0. The second-order valence-electron chi connectivity index (χ2n) is 3.81. The zero-order chi connectivity index (χ0) is 14.5. The number of rotatable bonds is 5. The second-order valence-corrected chi connectivity index (χ2v) is 5.91. The molecular formula is C13H12Cl2N2O2S. The van der Waals surface area contributed by atoms with Gasteiger partial charge in [-0.3, -0.25) is 0 Å². The first-order chi connectivity index (χ1) is 9.61. The Morgan fingerprint density at radius 1 is 1.45 bits per heavy atom. The van der Waals surface area contributed by atoms with Crippen LogP contribution < -0.4 is 5.32 Å². The van der Waals surface area contributed by atoms with Crippen molar-refractivity contribution in [3.63, 3.8) is 0 Å². The van der Waals surface area contributed by atoms with Crippen LogP contribution >= 0.6 is 34.5 Å². The Bertz CT molecular complexity index is 604. The lowest BCUT2D eigenvalue weighted by Crippen LogP contribution is -2.23. The molecule has 0 spiro atoms. The Hall–Kier alpha value is -1.30. The SMILES string of the molecule is CCOC(=O)C(Nc1ccccc1Cl)c1ncc(Cl)s1. The smallest absolute Gasteiger partial charge is 0.335 e. The van der Waals surface area contributed by atoms with E-state index in [0.717, 1.165) is 0 Å². The minimum Gasteiger partial charge on any atom is -0.464 e. The number of para-hydroxylation sites is 1. The predicted molar refractivity (Wildman–Crippen MR) is 81.6 cm³/mol. The molecule has 1 aromatic carbocycles. The third-order valence-corrected chi connectivity index (χ3v) is 3.95. The van der Waals surface area contributed by atoms with Crippen molar-refractivity contribution in [2.24, 2.45) is 0 Å². The van der Waals surface area contributed by atoms with Gasteiger partial charge in [0.1, 0.15) is 9.34 Å². The number of anilines is 1. The topological polar surface area (TPSA) is 51.2 Å². The van der Waals surface area contributed by atoms with Crippen molar-refractivity contribution in [2.75, 3.05) is 11.9 Å². The van der Waals surface area contributed by atoms with Gasteiger partial charge in [-0.05, 0) is 19.1 Å². The summed E-state index contributed by atoms with van der Waals surface area (Å²) in [6, 6.07) is 6.43. The number of carbonyl (C=O) groups excluding carboxylic acids is 1. The molecule has 0 aliphatic heterocycles. The highest BCUT2D eigenvalue weighted by molar-refractivity contribution is 7.16. The van der Waals surface area contributed by atoms with E-state index in [-0.39, 0.29) is 0 Å². The molecule has 20 heavy (non-hydrogen) atoms. The Morgan fingerprint density at radius 3 is 2.80 bits per heavy atom. The van der Waals surface area contributed by atoms with Crippen LogP contribution in [-0.4, -0.2) is 17.6 Å². The fraction of sp³-hybridized carbons (Fsp3) is 0.231. The third kappa shape index (κ3) is 3.62. The zero-order valence-corrected chi connectivity index (χ0v) is 12.9. The van der Waals surface area contributed by atoms with Crippen LogP contribution in [0.4, 0.5) is 5.69 Å². The van der Waals surface area contributed by atoms with Gasteiger partial charge < -0.3 is 10.1 Å². The molecule has 7 heteroatoms. The maximum absolute atomic E-state index is 12.1. The molecule has 106 valence electrons. The molecule has 0 aliphatic rings. The molecule has 0 amide bonds.